The van der Waals surface area contributed by atoms with E-state index < -0.39 is 0 Å². The third-order valence-corrected chi connectivity index (χ3v) is 2.86. The van der Waals surface area contributed by atoms with Gasteiger partial charge in [-0.25, -0.2) is 0 Å². The molecule has 13 heavy (non-hydrogen) atoms. The lowest BCUT2D eigenvalue weighted by Crippen LogP contribution is -2.64. The van der Waals surface area contributed by atoms with Crippen molar-refractivity contribution in [2.75, 3.05) is 20.3 Å². The van der Waals surface area contributed by atoms with Crippen molar-refractivity contribution < 1.29 is 9.53 Å². The predicted octanol–water partition coefficient (Wildman–Crippen LogP) is 1.42. The van der Waals surface area contributed by atoms with E-state index in [0.29, 0.717) is 0 Å². The largest absolute Gasteiger partial charge is 0.376 e. The van der Waals surface area contributed by atoms with Crippen molar-refractivity contribution in [2.45, 2.75) is 38.6 Å². The van der Waals surface area contributed by atoms with Gasteiger partial charge in [-0.2, -0.15) is 0 Å². The molecule has 0 bridgehead atoms. The summed E-state index contributed by atoms with van der Waals surface area (Å²) >= 11 is 0. The number of carbonyl (C=O) groups is 1. The molecule has 2 aliphatic heterocycles. The third kappa shape index (κ3) is 1.70. The van der Waals surface area contributed by atoms with Crippen molar-refractivity contribution >= 4 is 5.91 Å². The molecule has 0 unspecified atom stereocenters. The van der Waals surface area contributed by atoms with E-state index in [4.69, 9.17) is 4.74 Å². The predicted molar refractivity (Wildman–Crippen MR) is 51.5 cm³/mol. The fourth-order valence-corrected chi connectivity index (χ4v) is 1.84. The maximum absolute atomic E-state index is 11.3. The van der Waals surface area contributed by atoms with Gasteiger partial charge < -0.3 is 9.64 Å². The maximum Gasteiger partial charge on any atom is 0.222 e. The van der Waals surface area contributed by atoms with Crippen LogP contribution in [0.2, 0.25) is 0 Å². The Morgan fingerprint density at radius 1 is 1.38 bits per heavy atom. The molecule has 2 rings (SSSR count). The minimum absolute atomic E-state index is 0.0926. The number of carbonyl (C=O) groups excluding carboxylic acids is 1. The number of hydrogen-bond donors (Lipinski definition) is 0. The molecule has 0 N–H and O–H groups in total. The van der Waals surface area contributed by atoms with Gasteiger partial charge in [0, 0.05) is 13.5 Å². The van der Waals surface area contributed by atoms with Gasteiger partial charge in [-0.1, -0.05) is 13.8 Å². The van der Waals surface area contributed by atoms with E-state index >= 15 is 0 Å². The van der Waals surface area contributed by atoms with Crippen LogP contribution in [0.1, 0.15) is 33.1 Å². The van der Waals surface area contributed by atoms with Gasteiger partial charge in [0.1, 0.15) is 0 Å². The van der Waals surface area contributed by atoms with Crippen molar-refractivity contribution in [1.82, 2.24) is 4.90 Å². The van der Waals surface area contributed by atoms with E-state index in [9.17, 15) is 4.79 Å². The Kier molecular flexibility index (Phi) is 3.31. The summed E-state index contributed by atoms with van der Waals surface area (Å²) in [5.74, 6) is 0.277. The second kappa shape index (κ2) is 4.09. The average molecular weight is 185 g/mol. The number of nitrogens with zero attached hydrogens (tertiary/aromatic N) is 1. The Morgan fingerprint density at radius 2 is 2.00 bits per heavy atom. The first kappa shape index (κ1) is 10.5. The van der Waals surface area contributed by atoms with Crippen LogP contribution in [0.5, 0.6) is 0 Å². The number of hydrogen-bond acceptors (Lipinski definition) is 2. The highest BCUT2D eigenvalue weighted by Crippen LogP contribution is 2.33. The molecule has 0 atom stereocenters. The lowest BCUT2D eigenvalue weighted by Gasteiger charge is -2.50. The van der Waals surface area contributed by atoms with Gasteiger partial charge in [0.15, 0.2) is 0 Å². The normalized spacial score (nSPS) is 24.8. The van der Waals surface area contributed by atoms with Gasteiger partial charge in [-0.05, 0) is 12.8 Å². The number of rotatable bonds is 0. The van der Waals surface area contributed by atoms with Crippen LogP contribution < -0.4 is 0 Å². The molecule has 0 aromatic carbocycles. The highest BCUT2D eigenvalue weighted by Gasteiger charge is 2.46. The van der Waals surface area contributed by atoms with Gasteiger partial charge >= 0.3 is 0 Å². The van der Waals surface area contributed by atoms with E-state index in [-0.39, 0.29) is 11.4 Å². The van der Waals surface area contributed by atoms with E-state index in [1.165, 1.54) is 0 Å². The van der Waals surface area contributed by atoms with E-state index in [1.807, 2.05) is 25.8 Å². The molecule has 3 heteroatoms. The van der Waals surface area contributed by atoms with Crippen LogP contribution in [0.15, 0.2) is 0 Å². The topological polar surface area (TPSA) is 29.5 Å². The fraction of sp³-hybridized carbons (Fsp3) is 0.900. The lowest BCUT2D eigenvalue weighted by atomic mass is 9.85. The molecule has 2 saturated heterocycles. The molecule has 0 aromatic rings. The van der Waals surface area contributed by atoms with E-state index in [1.54, 1.807) is 0 Å². The Bertz CT molecular complexity index is 187. The summed E-state index contributed by atoms with van der Waals surface area (Å²) in [4.78, 5) is 13.1. The molecule has 2 heterocycles. The quantitative estimate of drug-likeness (QED) is 0.571. The average Bonchev–Trinajstić information content (AvgIpc) is 2.11. The van der Waals surface area contributed by atoms with Crippen LogP contribution in [0.25, 0.3) is 0 Å². The molecule has 2 aliphatic rings. The zero-order valence-electron chi connectivity index (χ0n) is 8.80. The summed E-state index contributed by atoms with van der Waals surface area (Å²) in [6.07, 6.45) is 2.88. The van der Waals surface area contributed by atoms with Crippen LogP contribution in [0.3, 0.4) is 0 Å². The molecular formula is C10H19NO2. The molecule has 76 valence electrons. The Balaban J connectivity index is 0.000000396. The highest BCUT2D eigenvalue weighted by atomic mass is 16.5. The Labute approximate surface area is 80.1 Å². The number of likely N-dealkylation sites (tertiary alicyclic amines) is 1. The molecule has 0 radical (unpaired) electrons. The van der Waals surface area contributed by atoms with Gasteiger partial charge in [-0.15, -0.1) is 0 Å². The number of amides is 1. The first-order valence-electron chi connectivity index (χ1n) is 5.09. The lowest BCUT2D eigenvalue weighted by molar-refractivity contribution is -0.172. The minimum Gasteiger partial charge on any atom is -0.376 e. The van der Waals surface area contributed by atoms with Crippen molar-refractivity contribution in [2.24, 2.45) is 0 Å². The molecule has 1 spiro atoms. The summed E-state index contributed by atoms with van der Waals surface area (Å²) in [6, 6.07) is 0. The van der Waals surface area contributed by atoms with Gasteiger partial charge in [-0.3, -0.25) is 4.79 Å². The number of ether oxygens (including phenoxy) is 1. The second-order valence-electron chi connectivity index (χ2n) is 3.52. The molecule has 0 saturated carbocycles. The zero-order valence-corrected chi connectivity index (χ0v) is 8.80. The monoisotopic (exact) mass is 185 g/mol. The minimum atomic E-state index is 0.0926. The van der Waals surface area contributed by atoms with Crippen molar-refractivity contribution in [3.63, 3.8) is 0 Å². The van der Waals surface area contributed by atoms with E-state index in [2.05, 4.69) is 0 Å². The number of likely N-dealkylation sites (N-methyl/N-ethyl adjacent to an activating group) is 1. The van der Waals surface area contributed by atoms with Gasteiger partial charge in [0.25, 0.3) is 0 Å². The second-order valence-corrected chi connectivity index (χ2v) is 3.52. The first-order valence-corrected chi connectivity index (χ1v) is 5.09. The molecule has 2 fully saturated rings. The summed E-state index contributed by atoms with van der Waals surface area (Å²) in [5, 5.41) is 0. The standard InChI is InChI=1S/C8H13NO2.C2H6/c1-9-7(10)3-2-4-8(9)5-11-6-8;1-2/h2-6H2,1H3;1-2H3. The fourth-order valence-electron chi connectivity index (χ4n) is 1.84. The van der Waals surface area contributed by atoms with Crippen LogP contribution >= 0.6 is 0 Å². The van der Waals surface area contributed by atoms with Crippen molar-refractivity contribution in [3.05, 3.63) is 0 Å². The maximum atomic E-state index is 11.3. The number of piperidine rings is 1. The van der Waals surface area contributed by atoms with Gasteiger partial charge in [0.2, 0.25) is 5.91 Å². The van der Waals surface area contributed by atoms with Crippen LogP contribution in [0, 0.1) is 0 Å². The molecular weight excluding hydrogens is 166 g/mol. The summed E-state index contributed by atoms with van der Waals surface area (Å²) in [5.41, 5.74) is 0.0926. The smallest absolute Gasteiger partial charge is 0.222 e. The summed E-state index contributed by atoms with van der Waals surface area (Å²) < 4.78 is 5.14. The highest BCUT2D eigenvalue weighted by molar-refractivity contribution is 5.77. The van der Waals surface area contributed by atoms with Crippen molar-refractivity contribution in [3.8, 4) is 0 Å². The van der Waals surface area contributed by atoms with Crippen molar-refractivity contribution in [1.29, 1.82) is 0 Å². The van der Waals surface area contributed by atoms with Gasteiger partial charge in [0.05, 0.1) is 18.8 Å². The summed E-state index contributed by atoms with van der Waals surface area (Å²) in [6.45, 7) is 5.49. The Hall–Kier alpha value is -0.570. The Morgan fingerprint density at radius 3 is 2.38 bits per heavy atom. The van der Waals surface area contributed by atoms with Crippen LogP contribution in [-0.4, -0.2) is 36.6 Å². The molecule has 0 aromatic heterocycles. The molecule has 1 amide bonds. The van der Waals surface area contributed by atoms with Crippen LogP contribution in [-0.2, 0) is 9.53 Å². The summed E-state index contributed by atoms with van der Waals surface area (Å²) in [7, 11) is 1.89. The third-order valence-electron chi connectivity index (χ3n) is 2.86. The van der Waals surface area contributed by atoms with E-state index in [0.717, 1.165) is 32.5 Å². The molecule has 3 nitrogen and oxygen atoms in total. The SMILES string of the molecule is CC.CN1C(=O)CCCC12COC2. The first-order chi connectivity index (χ1) is 6.25. The zero-order chi connectivity index (χ0) is 9.90. The molecule has 0 aliphatic carbocycles. The van der Waals surface area contributed by atoms with Crippen LogP contribution in [0.4, 0.5) is 0 Å².